The Balaban J connectivity index is 2.06. The van der Waals surface area contributed by atoms with E-state index in [0.29, 0.717) is 23.6 Å². The zero-order valence-corrected chi connectivity index (χ0v) is 15.6. The minimum absolute atomic E-state index is 0.0131. The van der Waals surface area contributed by atoms with Crippen molar-refractivity contribution in [3.63, 3.8) is 0 Å². The van der Waals surface area contributed by atoms with Crippen molar-refractivity contribution in [2.24, 2.45) is 0 Å². The topological polar surface area (TPSA) is 76.7 Å². The van der Waals surface area contributed by atoms with Crippen LogP contribution in [0.1, 0.15) is 19.4 Å². The number of alkyl halides is 2. The lowest BCUT2D eigenvalue weighted by Crippen LogP contribution is -2.36. The Morgan fingerprint density at radius 3 is 2.19 bits per heavy atom. The van der Waals surface area contributed by atoms with Gasteiger partial charge in [-0.2, -0.15) is 8.78 Å². The van der Waals surface area contributed by atoms with Crippen LogP contribution >= 0.6 is 0 Å². The van der Waals surface area contributed by atoms with Crippen molar-refractivity contribution in [1.82, 2.24) is 10.3 Å². The van der Waals surface area contributed by atoms with Crippen LogP contribution in [0.5, 0.6) is 11.5 Å². The molecule has 6 nitrogen and oxygen atoms in total. The lowest BCUT2D eigenvalue weighted by Gasteiger charge is -2.14. The molecule has 0 aliphatic rings. The van der Waals surface area contributed by atoms with E-state index >= 15 is 0 Å². The average Bonchev–Trinajstić information content (AvgIpc) is 2.64. The highest BCUT2D eigenvalue weighted by Crippen LogP contribution is 2.19. The lowest BCUT2D eigenvalue weighted by atomic mass is 10.1. The molecule has 0 heterocycles. The Morgan fingerprint density at radius 1 is 1.07 bits per heavy atom. The molecule has 0 fully saturated rings. The summed E-state index contributed by atoms with van der Waals surface area (Å²) in [4.78, 5) is 2.35. The van der Waals surface area contributed by atoms with Crippen LogP contribution in [0.4, 0.5) is 8.78 Å². The highest BCUT2D eigenvalue weighted by atomic mass is 32.2. The monoisotopic (exact) mass is 398 g/mol. The van der Waals surface area contributed by atoms with E-state index in [-0.39, 0.29) is 10.6 Å². The van der Waals surface area contributed by atoms with E-state index in [1.165, 1.54) is 36.4 Å². The fourth-order valence-corrected chi connectivity index (χ4v) is 3.05. The number of hydrazine groups is 1. The zero-order chi connectivity index (χ0) is 19.9. The molecule has 0 atom stereocenters. The summed E-state index contributed by atoms with van der Waals surface area (Å²) in [7, 11) is -3.81. The van der Waals surface area contributed by atoms with Crippen molar-refractivity contribution in [3.8, 4) is 11.5 Å². The van der Waals surface area contributed by atoms with Crippen LogP contribution in [0.25, 0.3) is 5.70 Å². The van der Waals surface area contributed by atoms with Gasteiger partial charge in [-0.25, -0.2) is 8.42 Å². The van der Waals surface area contributed by atoms with E-state index in [0.717, 1.165) is 0 Å². The van der Waals surface area contributed by atoms with Gasteiger partial charge in [0.25, 0.3) is 10.0 Å². The van der Waals surface area contributed by atoms with E-state index in [9.17, 15) is 17.2 Å². The summed E-state index contributed by atoms with van der Waals surface area (Å²) in [5.74, 6) is 0.587. The van der Waals surface area contributed by atoms with Gasteiger partial charge in [-0.1, -0.05) is 6.08 Å². The molecule has 0 amide bonds. The van der Waals surface area contributed by atoms with Gasteiger partial charge in [0.05, 0.1) is 17.2 Å². The number of benzene rings is 2. The molecule has 2 N–H and O–H groups in total. The summed E-state index contributed by atoms with van der Waals surface area (Å²) in [6.07, 6.45) is 1.64. The van der Waals surface area contributed by atoms with Crippen LogP contribution < -0.4 is 19.7 Å². The van der Waals surface area contributed by atoms with Gasteiger partial charge in [0.2, 0.25) is 0 Å². The van der Waals surface area contributed by atoms with Gasteiger partial charge < -0.3 is 14.9 Å². The largest absolute Gasteiger partial charge is 0.494 e. The second kappa shape index (κ2) is 9.33. The average molecular weight is 398 g/mol. The Bertz CT molecular complexity index is 867. The standard InChI is InChI=1S/C18H20F2N2O4S/c1-3-17(13-5-7-15(8-6-13)26-18(19)20)21-22-27(23,24)16-11-9-14(10-12-16)25-4-2/h3,5-12,18,21-22H,4H2,1-2H3/b17-3+. The SMILES string of the molecule is C/C=C(/NNS(=O)(=O)c1ccc(OCC)cc1)c1ccc(OC(F)F)cc1. The molecule has 0 aromatic heterocycles. The number of allylic oxidation sites excluding steroid dienone is 1. The van der Waals surface area contributed by atoms with Gasteiger partial charge in [-0.3, -0.25) is 0 Å². The number of nitrogens with one attached hydrogen (secondary N) is 2. The number of rotatable bonds is 9. The number of hydrogen-bond donors (Lipinski definition) is 2. The van der Waals surface area contributed by atoms with Crippen molar-refractivity contribution < 1.29 is 26.7 Å². The van der Waals surface area contributed by atoms with Crippen molar-refractivity contribution >= 4 is 15.7 Å². The van der Waals surface area contributed by atoms with Crippen LogP contribution in [-0.4, -0.2) is 21.6 Å². The molecule has 0 aliphatic heterocycles. The quantitative estimate of drug-likeness (QED) is 0.632. The van der Waals surface area contributed by atoms with Crippen LogP contribution in [0.15, 0.2) is 59.5 Å². The van der Waals surface area contributed by atoms with Gasteiger partial charge in [0.15, 0.2) is 0 Å². The smallest absolute Gasteiger partial charge is 0.387 e. The Hall–Kier alpha value is -2.65. The van der Waals surface area contributed by atoms with Crippen LogP contribution in [0.3, 0.4) is 0 Å². The van der Waals surface area contributed by atoms with Crippen molar-refractivity contribution in [2.45, 2.75) is 25.4 Å². The fraction of sp³-hybridized carbons (Fsp3) is 0.222. The highest BCUT2D eigenvalue weighted by Gasteiger charge is 2.14. The summed E-state index contributed by atoms with van der Waals surface area (Å²) >= 11 is 0. The predicted molar refractivity (Wildman–Crippen MR) is 97.8 cm³/mol. The van der Waals surface area contributed by atoms with Crippen molar-refractivity contribution in [1.29, 1.82) is 0 Å². The molecule has 0 saturated heterocycles. The molecular weight excluding hydrogens is 378 g/mol. The second-order valence-corrected chi connectivity index (χ2v) is 6.92. The molecule has 0 saturated carbocycles. The third-order valence-electron chi connectivity index (χ3n) is 3.44. The molecular formula is C18H20F2N2O4S. The van der Waals surface area contributed by atoms with Gasteiger partial charge in [0, 0.05) is 0 Å². The number of ether oxygens (including phenoxy) is 2. The highest BCUT2D eigenvalue weighted by molar-refractivity contribution is 7.89. The van der Waals surface area contributed by atoms with Gasteiger partial charge >= 0.3 is 6.61 Å². The molecule has 27 heavy (non-hydrogen) atoms. The molecule has 2 aromatic rings. The summed E-state index contributed by atoms with van der Waals surface area (Å²) in [5, 5.41) is 0. The maximum absolute atomic E-state index is 12.4. The minimum Gasteiger partial charge on any atom is -0.494 e. The zero-order valence-electron chi connectivity index (χ0n) is 14.8. The van der Waals surface area contributed by atoms with Crippen molar-refractivity contribution in [3.05, 3.63) is 60.2 Å². The number of sulfonamides is 1. The third kappa shape index (κ3) is 5.93. The Morgan fingerprint density at radius 2 is 1.67 bits per heavy atom. The summed E-state index contributed by atoms with van der Waals surface area (Å²) in [6, 6.07) is 11.8. The molecule has 0 spiro atoms. The van der Waals surface area contributed by atoms with E-state index in [2.05, 4.69) is 15.0 Å². The predicted octanol–water partition coefficient (Wildman–Crippen LogP) is 3.53. The van der Waals surface area contributed by atoms with Crippen molar-refractivity contribution in [2.75, 3.05) is 6.61 Å². The normalized spacial score (nSPS) is 12.1. The fourth-order valence-electron chi connectivity index (χ4n) is 2.19. The summed E-state index contributed by atoms with van der Waals surface area (Å²) in [6.45, 7) is 1.12. The first kappa shape index (κ1) is 20.7. The first-order chi connectivity index (χ1) is 12.9. The first-order valence-corrected chi connectivity index (χ1v) is 9.56. The van der Waals surface area contributed by atoms with Crippen LogP contribution in [0, 0.1) is 0 Å². The second-order valence-electron chi connectivity index (χ2n) is 5.24. The number of halogens is 2. The molecule has 2 aromatic carbocycles. The molecule has 0 radical (unpaired) electrons. The van der Waals surface area contributed by atoms with Gasteiger partial charge in [-0.15, -0.1) is 4.83 Å². The van der Waals surface area contributed by atoms with Gasteiger partial charge in [-0.05, 0) is 67.9 Å². The molecule has 146 valence electrons. The lowest BCUT2D eigenvalue weighted by molar-refractivity contribution is -0.0498. The molecule has 0 bridgehead atoms. The molecule has 2 rings (SSSR count). The Labute approximate surface area is 156 Å². The molecule has 0 aliphatic carbocycles. The van der Waals surface area contributed by atoms with E-state index in [1.54, 1.807) is 25.1 Å². The molecule has 9 heteroatoms. The summed E-state index contributed by atoms with van der Waals surface area (Å²) < 4.78 is 58.7. The number of hydrogen-bond acceptors (Lipinski definition) is 5. The Kier molecular flexibility index (Phi) is 7.14. The maximum Gasteiger partial charge on any atom is 0.387 e. The molecule has 0 unspecified atom stereocenters. The third-order valence-corrected chi connectivity index (χ3v) is 4.71. The maximum atomic E-state index is 12.4. The van der Waals surface area contributed by atoms with E-state index in [4.69, 9.17) is 4.74 Å². The van der Waals surface area contributed by atoms with Crippen LogP contribution in [-0.2, 0) is 10.0 Å². The van der Waals surface area contributed by atoms with Gasteiger partial charge in [0.1, 0.15) is 11.5 Å². The first-order valence-electron chi connectivity index (χ1n) is 8.08. The van der Waals surface area contributed by atoms with Crippen LogP contribution in [0.2, 0.25) is 0 Å². The summed E-state index contributed by atoms with van der Waals surface area (Å²) in [5.41, 5.74) is 3.67. The minimum atomic E-state index is -3.81. The van der Waals surface area contributed by atoms with E-state index in [1.807, 2.05) is 6.92 Å². The van der Waals surface area contributed by atoms with E-state index < -0.39 is 16.6 Å².